The average Bonchev–Trinajstić information content (AvgIpc) is 3.51. The van der Waals surface area contributed by atoms with E-state index >= 15 is 0 Å². The summed E-state index contributed by atoms with van der Waals surface area (Å²) < 4.78 is 10.9. The molecule has 0 spiro atoms. The number of fused-ring (bicyclic) bond motifs is 3. The Morgan fingerprint density at radius 1 is 1.10 bits per heavy atom. The van der Waals surface area contributed by atoms with E-state index in [1.807, 2.05) is 35.2 Å². The predicted molar refractivity (Wildman–Crippen MR) is 122 cm³/mol. The molecule has 1 aromatic heterocycles. The summed E-state index contributed by atoms with van der Waals surface area (Å²) in [5.41, 5.74) is 5.10. The van der Waals surface area contributed by atoms with Gasteiger partial charge in [-0.25, -0.2) is 0 Å². The Labute approximate surface area is 182 Å². The molecule has 2 atom stereocenters. The van der Waals surface area contributed by atoms with Gasteiger partial charge in [0, 0.05) is 47.2 Å². The predicted octanol–water partition coefficient (Wildman–Crippen LogP) is 4.16. The number of hydrogen-bond donors (Lipinski definition) is 2. The van der Waals surface area contributed by atoms with Gasteiger partial charge in [0.05, 0.1) is 19.9 Å². The Morgan fingerprint density at radius 2 is 1.90 bits per heavy atom. The maximum absolute atomic E-state index is 13.3. The summed E-state index contributed by atoms with van der Waals surface area (Å²) in [4.78, 5) is 18.9. The number of nitrogens with one attached hydrogen (secondary N) is 2. The van der Waals surface area contributed by atoms with E-state index in [0.29, 0.717) is 23.6 Å². The van der Waals surface area contributed by atoms with Crippen molar-refractivity contribution in [1.82, 2.24) is 15.2 Å². The van der Waals surface area contributed by atoms with Gasteiger partial charge in [-0.3, -0.25) is 4.79 Å². The molecule has 2 fully saturated rings. The van der Waals surface area contributed by atoms with E-state index in [0.717, 1.165) is 47.2 Å². The molecule has 6 heteroatoms. The Balaban J connectivity index is 1.58. The molecule has 2 N–H and O–H groups in total. The minimum atomic E-state index is 0.138. The molecule has 6 nitrogen and oxygen atoms in total. The monoisotopic (exact) mass is 419 g/mol. The fourth-order valence-electron chi connectivity index (χ4n) is 5.14. The smallest absolute Gasteiger partial charge is 0.254 e. The van der Waals surface area contributed by atoms with E-state index in [4.69, 9.17) is 9.47 Å². The maximum Gasteiger partial charge on any atom is 0.254 e. The molecule has 162 valence electrons. The van der Waals surface area contributed by atoms with Crippen LogP contribution in [0.1, 0.15) is 42.1 Å². The minimum absolute atomic E-state index is 0.138. The fraction of sp³-hybridized carbons (Fsp3) is 0.400. The number of amides is 1. The minimum Gasteiger partial charge on any atom is -0.493 e. The molecule has 3 heterocycles. The van der Waals surface area contributed by atoms with Crippen molar-refractivity contribution in [2.45, 2.75) is 38.3 Å². The first kappa shape index (κ1) is 19.9. The van der Waals surface area contributed by atoms with Crippen LogP contribution in [0.4, 0.5) is 0 Å². The van der Waals surface area contributed by atoms with Gasteiger partial charge in [0.1, 0.15) is 0 Å². The summed E-state index contributed by atoms with van der Waals surface area (Å²) in [6.45, 7) is 6.09. The molecule has 0 unspecified atom stereocenters. The van der Waals surface area contributed by atoms with Gasteiger partial charge in [-0.15, -0.1) is 0 Å². The van der Waals surface area contributed by atoms with Crippen molar-refractivity contribution in [1.29, 1.82) is 0 Å². The first-order valence-electron chi connectivity index (χ1n) is 10.9. The highest BCUT2D eigenvalue weighted by atomic mass is 16.5. The number of aromatic amines is 1. The standard InChI is InChI=1S/C25H29N3O3/c1-14(2)23-19-9-16(25(29)28-13-17-11-18(28)12-26-17)5-7-20(19)27-24(23)15-6-8-21(30-3)22(10-15)31-4/h5-10,14,17-18,26-27H,11-13H2,1-4H3/t17-,18-/m0/s1. The first-order chi connectivity index (χ1) is 15.0. The lowest BCUT2D eigenvalue weighted by molar-refractivity contribution is 0.0716. The summed E-state index contributed by atoms with van der Waals surface area (Å²) in [5, 5.41) is 4.57. The number of aromatic nitrogens is 1. The van der Waals surface area contributed by atoms with Crippen molar-refractivity contribution < 1.29 is 14.3 Å². The van der Waals surface area contributed by atoms with Crippen molar-refractivity contribution in [2.24, 2.45) is 0 Å². The van der Waals surface area contributed by atoms with Crippen molar-refractivity contribution in [3.05, 3.63) is 47.5 Å². The number of nitrogens with zero attached hydrogens (tertiary/aromatic N) is 1. The second-order valence-corrected chi connectivity index (χ2v) is 8.85. The third-order valence-corrected chi connectivity index (χ3v) is 6.65. The van der Waals surface area contributed by atoms with Crippen LogP contribution in [0.5, 0.6) is 11.5 Å². The van der Waals surface area contributed by atoms with Crippen LogP contribution in [0.3, 0.4) is 0 Å². The summed E-state index contributed by atoms with van der Waals surface area (Å²) in [5.74, 6) is 1.83. The van der Waals surface area contributed by atoms with Gasteiger partial charge in [0.2, 0.25) is 0 Å². The van der Waals surface area contributed by atoms with E-state index < -0.39 is 0 Å². The zero-order valence-corrected chi connectivity index (χ0v) is 18.5. The molecule has 3 aromatic rings. The van der Waals surface area contributed by atoms with Crippen LogP contribution < -0.4 is 14.8 Å². The molecule has 0 aliphatic carbocycles. The quantitative estimate of drug-likeness (QED) is 0.652. The normalized spacial score (nSPS) is 20.1. The number of carbonyl (C=O) groups is 1. The lowest BCUT2D eigenvalue weighted by Crippen LogP contribution is -2.46. The van der Waals surface area contributed by atoms with Crippen LogP contribution in [0.2, 0.25) is 0 Å². The SMILES string of the molecule is COc1ccc(-c2[nH]c3ccc(C(=O)N4C[C@@H]5C[C@H]4CN5)cc3c2C(C)C)cc1OC. The highest BCUT2D eigenvalue weighted by Gasteiger charge is 2.40. The molecule has 2 aromatic carbocycles. The van der Waals surface area contributed by atoms with Gasteiger partial charge in [-0.1, -0.05) is 13.8 Å². The van der Waals surface area contributed by atoms with Crippen molar-refractivity contribution in [3.63, 3.8) is 0 Å². The first-order valence-corrected chi connectivity index (χ1v) is 10.9. The number of H-pyrrole nitrogens is 1. The third-order valence-electron chi connectivity index (χ3n) is 6.65. The average molecular weight is 420 g/mol. The van der Waals surface area contributed by atoms with Crippen molar-refractivity contribution >= 4 is 16.8 Å². The van der Waals surface area contributed by atoms with Crippen LogP contribution in [-0.4, -0.2) is 55.2 Å². The Hall–Kier alpha value is -2.99. The Kier molecular flexibility index (Phi) is 4.89. The van der Waals surface area contributed by atoms with E-state index in [1.54, 1.807) is 14.2 Å². The molecule has 2 bridgehead atoms. The molecule has 1 amide bonds. The lowest BCUT2D eigenvalue weighted by atomic mass is 9.95. The van der Waals surface area contributed by atoms with E-state index in [1.165, 1.54) is 5.56 Å². The Morgan fingerprint density at radius 3 is 2.55 bits per heavy atom. The molecular formula is C25H29N3O3. The number of benzene rings is 2. The Bertz CT molecular complexity index is 1150. The van der Waals surface area contributed by atoms with Gasteiger partial charge in [-0.2, -0.15) is 0 Å². The number of methoxy groups -OCH3 is 2. The van der Waals surface area contributed by atoms with Crippen molar-refractivity contribution in [3.8, 4) is 22.8 Å². The highest BCUT2D eigenvalue weighted by Crippen LogP contribution is 2.39. The molecule has 2 aliphatic heterocycles. The van der Waals surface area contributed by atoms with E-state index in [-0.39, 0.29) is 11.8 Å². The molecule has 5 rings (SSSR count). The fourth-order valence-corrected chi connectivity index (χ4v) is 5.14. The van der Waals surface area contributed by atoms with Gasteiger partial charge in [0.25, 0.3) is 5.91 Å². The van der Waals surface area contributed by atoms with Gasteiger partial charge in [0.15, 0.2) is 11.5 Å². The maximum atomic E-state index is 13.3. The van der Waals surface area contributed by atoms with Crippen LogP contribution >= 0.6 is 0 Å². The zero-order valence-electron chi connectivity index (χ0n) is 18.5. The largest absolute Gasteiger partial charge is 0.493 e. The summed E-state index contributed by atoms with van der Waals surface area (Å²) in [6, 6.07) is 12.8. The topological polar surface area (TPSA) is 66.6 Å². The van der Waals surface area contributed by atoms with Crippen LogP contribution in [0, 0.1) is 0 Å². The number of rotatable bonds is 5. The van der Waals surface area contributed by atoms with E-state index in [9.17, 15) is 4.79 Å². The summed E-state index contributed by atoms with van der Waals surface area (Å²) in [6.07, 6.45) is 1.07. The van der Waals surface area contributed by atoms with Crippen LogP contribution in [0.25, 0.3) is 22.2 Å². The third kappa shape index (κ3) is 3.26. The second kappa shape index (κ2) is 7.61. The molecule has 31 heavy (non-hydrogen) atoms. The highest BCUT2D eigenvalue weighted by molar-refractivity contribution is 6.01. The number of likely N-dealkylation sites (tertiary alicyclic amines) is 1. The molecule has 0 saturated carbocycles. The van der Waals surface area contributed by atoms with E-state index in [2.05, 4.69) is 30.2 Å². The van der Waals surface area contributed by atoms with Crippen molar-refractivity contribution in [2.75, 3.05) is 27.3 Å². The molecule has 2 saturated heterocycles. The van der Waals surface area contributed by atoms with Gasteiger partial charge < -0.3 is 24.7 Å². The molecular weight excluding hydrogens is 390 g/mol. The van der Waals surface area contributed by atoms with Gasteiger partial charge in [-0.05, 0) is 54.3 Å². The van der Waals surface area contributed by atoms with Crippen LogP contribution in [-0.2, 0) is 0 Å². The van der Waals surface area contributed by atoms with Crippen LogP contribution in [0.15, 0.2) is 36.4 Å². The number of ether oxygens (including phenoxy) is 2. The zero-order chi connectivity index (χ0) is 21.7. The number of carbonyl (C=O) groups excluding carboxylic acids is 1. The summed E-state index contributed by atoms with van der Waals surface area (Å²) >= 11 is 0. The number of hydrogen-bond acceptors (Lipinski definition) is 4. The van der Waals surface area contributed by atoms with Gasteiger partial charge >= 0.3 is 0 Å². The number of piperazine rings is 1. The molecule has 0 radical (unpaired) electrons. The molecule has 2 aliphatic rings. The lowest BCUT2D eigenvalue weighted by Gasteiger charge is -2.27. The summed E-state index contributed by atoms with van der Waals surface area (Å²) in [7, 11) is 3.29. The second-order valence-electron chi connectivity index (χ2n) is 8.85.